The summed E-state index contributed by atoms with van der Waals surface area (Å²) in [4.78, 5) is 2.08. The van der Waals surface area contributed by atoms with E-state index in [4.69, 9.17) is 0 Å². The highest BCUT2D eigenvalue weighted by Gasteiger charge is 2.10. The molecule has 0 aliphatic carbocycles. The van der Waals surface area contributed by atoms with Crippen LogP contribution in [-0.2, 0) is 0 Å². The second-order valence-corrected chi connectivity index (χ2v) is 5.28. The Labute approximate surface area is 124 Å². The van der Waals surface area contributed by atoms with Crippen LogP contribution in [0.15, 0.2) is 48.5 Å². The first-order chi connectivity index (χ1) is 10.1. The number of fused-ring (bicyclic) bond motifs is 1. The van der Waals surface area contributed by atoms with Gasteiger partial charge in [-0.25, -0.2) is 4.68 Å². The molecule has 0 bridgehead atoms. The smallest absolute Gasteiger partial charge is 0.120 e. The lowest BCUT2D eigenvalue weighted by Gasteiger charge is -2.17. The lowest BCUT2D eigenvalue weighted by atomic mass is 10.2. The summed E-state index contributed by atoms with van der Waals surface area (Å²) in [7, 11) is 4.07. The van der Waals surface area contributed by atoms with Crippen LogP contribution in [-0.4, -0.2) is 29.1 Å². The predicted octanol–water partition coefficient (Wildman–Crippen LogP) is 3.13. The third-order valence-electron chi connectivity index (χ3n) is 3.50. The number of nitrogens with one attached hydrogen (secondary N) is 1. The zero-order valence-corrected chi connectivity index (χ0v) is 12.5. The van der Waals surface area contributed by atoms with Gasteiger partial charge in [0.15, 0.2) is 0 Å². The zero-order valence-electron chi connectivity index (χ0n) is 12.5. The Kier molecular flexibility index (Phi) is 3.48. The maximum Gasteiger partial charge on any atom is 0.120 e. The van der Waals surface area contributed by atoms with Crippen LogP contribution >= 0.6 is 0 Å². The largest absolute Gasteiger partial charge is 0.378 e. The lowest BCUT2D eigenvalue weighted by molar-refractivity contribution is 0.542. The normalized spacial score (nSPS) is 12.3. The Hall–Kier alpha value is -2.56. The van der Waals surface area contributed by atoms with E-state index in [2.05, 4.69) is 51.7 Å². The molecule has 1 heterocycles. The molecule has 0 amide bonds. The summed E-state index contributed by atoms with van der Waals surface area (Å²) in [6.45, 7) is 2.07. The van der Waals surface area contributed by atoms with E-state index < -0.39 is 0 Å². The number of nitrogens with zero attached hydrogens (tertiary/aromatic N) is 4. The number of rotatable bonds is 4. The first-order valence-corrected chi connectivity index (χ1v) is 6.99. The van der Waals surface area contributed by atoms with Crippen LogP contribution in [0.5, 0.6) is 0 Å². The van der Waals surface area contributed by atoms with Crippen molar-refractivity contribution in [2.75, 3.05) is 24.3 Å². The Bertz CT molecular complexity index is 730. The maximum atomic E-state index is 4.23. The Balaban J connectivity index is 1.81. The number of benzene rings is 2. The Morgan fingerprint density at radius 3 is 2.48 bits per heavy atom. The first kappa shape index (κ1) is 13.4. The van der Waals surface area contributed by atoms with Crippen LogP contribution in [0.3, 0.4) is 0 Å². The molecule has 0 saturated carbocycles. The van der Waals surface area contributed by atoms with Crippen molar-refractivity contribution < 1.29 is 0 Å². The molecule has 0 radical (unpaired) electrons. The molecule has 1 unspecified atom stereocenters. The summed E-state index contributed by atoms with van der Waals surface area (Å²) < 4.78 is 1.90. The minimum Gasteiger partial charge on any atom is -0.378 e. The second-order valence-electron chi connectivity index (χ2n) is 5.28. The van der Waals surface area contributed by atoms with Crippen LogP contribution in [0.2, 0.25) is 0 Å². The molecule has 5 heteroatoms. The first-order valence-electron chi connectivity index (χ1n) is 6.99. The van der Waals surface area contributed by atoms with Crippen LogP contribution in [0.4, 0.5) is 11.4 Å². The van der Waals surface area contributed by atoms with Gasteiger partial charge in [-0.2, -0.15) is 0 Å². The quantitative estimate of drug-likeness (QED) is 0.798. The molecule has 0 fully saturated rings. The second kappa shape index (κ2) is 5.44. The highest BCUT2D eigenvalue weighted by molar-refractivity contribution is 5.74. The fraction of sp³-hybridized carbons (Fsp3) is 0.250. The van der Waals surface area contributed by atoms with Crippen LogP contribution in [0, 0.1) is 0 Å². The molecule has 2 aromatic carbocycles. The van der Waals surface area contributed by atoms with Crippen LogP contribution < -0.4 is 10.2 Å². The highest BCUT2D eigenvalue weighted by atomic mass is 15.5. The molecule has 0 saturated heterocycles. The molecule has 108 valence electrons. The molecule has 3 rings (SSSR count). The van der Waals surface area contributed by atoms with E-state index in [1.54, 1.807) is 0 Å². The topological polar surface area (TPSA) is 46.0 Å². The van der Waals surface area contributed by atoms with Crippen molar-refractivity contribution in [3.05, 3.63) is 48.5 Å². The van der Waals surface area contributed by atoms with E-state index in [9.17, 15) is 0 Å². The maximum absolute atomic E-state index is 4.23. The van der Waals surface area contributed by atoms with E-state index in [1.165, 1.54) is 5.69 Å². The lowest BCUT2D eigenvalue weighted by Crippen LogP contribution is -2.16. The van der Waals surface area contributed by atoms with Gasteiger partial charge in [0.05, 0.1) is 5.52 Å². The number of hydrogen-bond acceptors (Lipinski definition) is 4. The number of aromatic nitrogens is 3. The average molecular weight is 281 g/mol. The Morgan fingerprint density at radius 1 is 1.05 bits per heavy atom. The van der Waals surface area contributed by atoms with Gasteiger partial charge in [-0.15, -0.1) is 5.10 Å². The van der Waals surface area contributed by atoms with Crippen molar-refractivity contribution in [2.45, 2.75) is 13.1 Å². The van der Waals surface area contributed by atoms with Crippen LogP contribution in [0.25, 0.3) is 11.0 Å². The van der Waals surface area contributed by atoms with Crippen molar-refractivity contribution in [1.82, 2.24) is 15.0 Å². The van der Waals surface area contributed by atoms with E-state index >= 15 is 0 Å². The summed E-state index contributed by atoms with van der Waals surface area (Å²) >= 11 is 0. The van der Waals surface area contributed by atoms with E-state index in [0.29, 0.717) is 0 Å². The zero-order chi connectivity index (χ0) is 14.8. The van der Waals surface area contributed by atoms with Crippen molar-refractivity contribution in [1.29, 1.82) is 0 Å². The molecule has 1 atom stereocenters. The fourth-order valence-electron chi connectivity index (χ4n) is 2.33. The molecule has 0 spiro atoms. The van der Waals surface area contributed by atoms with Crippen molar-refractivity contribution >= 4 is 22.4 Å². The minimum atomic E-state index is 0.0302. The van der Waals surface area contributed by atoms with Gasteiger partial charge < -0.3 is 10.2 Å². The number of para-hydroxylation sites is 1. The van der Waals surface area contributed by atoms with E-state index in [-0.39, 0.29) is 6.17 Å². The minimum absolute atomic E-state index is 0.0302. The van der Waals surface area contributed by atoms with Gasteiger partial charge in [-0.3, -0.25) is 0 Å². The van der Waals surface area contributed by atoms with Gasteiger partial charge in [0.25, 0.3) is 0 Å². The molecule has 0 aliphatic rings. The molecule has 5 nitrogen and oxygen atoms in total. The summed E-state index contributed by atoms with van der Waals surface area (Å²) in [6, 6.07) is 16.3. The number of anilines is 2. The van der Waals surface area contributed by atoms with Gasteiger partial charge in [-0.1, -0.05) is 17.3 Å². The molecule has 3 aromatic rings. The molecule has 1 aromatic heterocycles. The van der Waals surface area contributed by atoms with Gasteiger partial charge >= 0.3 is 0 Å². The molecule has 21 heavy (non-hydrogen) atoms. The third kappa shape index (κ3) is 2.67. The molecule has 1 N–H and O–H groups in total. The molecule has 0 aliphatic heterocycles. The van der Waals surface area contributed by atoms with Gasteiger partial charge in [0.2, 0.25) is 0 Å². The van der Waals surface area contributed by atoms with Crippen LogP contribution in [0.1, 0.15) is 13.1 Å². The summed E-state index contributed by atoms with van der Waals surface area (Å²) in [5, 5.41) is 11.9. The van der Waals surface area contributed by atoms with E-state index in [1.807, 2.05) is 43.0 Å². The highest BCUT2D eigenvalue weighted by Crippen LogP contribution is 2.20. The van der Waals surface area contributed by atoms with Gasteiger partial charge in [0.1, 0.15) is 11.7 Å². The monoisotopic (exact) mass is 281 g/mol. The third-order valence-corrected chi connectivity index (χ3v) is 3.50. The summed E-state index contributed by atoms with van der Waals surface area (Å²) in [5.74, 6) is 0. The van der Waals surface area contributed by atoms with E-state index in [0.717, 1.165) is 16.7 Å². The van der Waals surface area contributed by atoms with Gasteiger partial charge in [0, 0.05) is 25.5 Å². The standard InChI is InChI=1S/C16H19N5/c1-12(17-13-8-10-14(11-9-13)20(2)3)21-16-7-5-4-6-15(16)18-19-21/h4-12,17H,1-3H3. The van der Waals surface area contributed by atoms with Crippen molar-refractivity contribution in [3.8, 4) is 0 Å². The number of hydrogen-bond donors (Lipinski definition) is 1. The van der Waals surface area contributed by atoms with Crippen molar-refractivity contribution in [2.24, 2.45) is 0 Å². The van der Waals surface area contributed by atoms with Gasteiger partial charge in [-0.05, 0) is 43.3 Å². The molecular formula is C16H19N5. The average Bonchev–Trinajstić information content (AvgIpc) is 2.92. The summed E-state index contributed by atoms with van der Waals surface area (Å²) in [5.41, 5.74) is 4.18. The van der Waals surface area contributed by atoms with Crippen molar-refractivity contribution in [3.63, 3.8) is 0 Å². The fourth-order valence-corrected chi connectivity index (χ4v) is 2.33. The molecular weight excluding hydrogens is 262 g/mol. The predicted molar refractivity (Wildman–Crippen MR) is 86.6 cm³/mol. The SMILES string of the molecule is CC(Nc1ccc(N(C)C)cc1)n1nnc2ccccc21. The summed E-state index contributed by atoms with van der Waals surface area (Å²) in [6.07, 6.45) is 0.0302. The Morgan fingerprint density at radius 2 is 1.76 bits per heavy atom.